The number of esters is 2. The third-order valence-electron chi connectivity index (χ3n) is 5.97. The molecule has 0 fully saturated rings. The van der Waals surface area contributed by atoms with Crippen LogP contribution in [0.3, 0.4) is 0 Å². The zero-order valence-corrected chi connectivity index (χ0v) is 22.7. The van der Waals surface area contributed by atoms with Crippen molar-refractivity contribution < 1.29 is 28.7 Å². The number of aromatic nitrogens is 2. The van der Waals surface area contributed by atoms with Crippen molar-refractivity contribution in [2.45, 2.75) is 66.5 Å². The predicted octanol–water partition coefficient (Wildman–Crippen LogP) is 2.98. The molecule has 0 aliphatic rings. The summed E-state index contributed by atoms with van der Waals surface area (Å²) in [6.07, 6.45) is -0.0380. The molecule has 1 aromatic heterocycles. The average Bonchev–Trinajstić information content (AvgIpc) is 3.15. The van der Waals surface area contributed by atoms with Crippen molar-refractivity contribution in [2.75, 3.05) is 20.3 Å². The summed E-state index contributed by atoms with van der Waals surface area (Å²) in [5.74, 6) is -2.26. The number of nitrogens with one attached hydrogen (secondary N) is 1. The third-order valence-corrected chi connectivity index (χ3v) is 5.97. The normalized spacial score (nSPS) is 12.5. The van der Waals surface area contributed by atoms with Gasteiger partial charge in [-0.3, -0.25) is 14.4 Å². The topological polar surface area (TPSA) is 120 Å². The number of hydrogen-bond acceptors (Lipinski definition) is 7. The van der Waals surface area contributed by atoms with Crippen LogP contribution >= 0.6 is 0 Å². The van der Waals surface area contributed by atoms with E-state index >= 15 is 0 Å². The van der Waals surface area contributed by atoms with Gasteiger partial charge in [-0.2, -0.15) is 5.10 Å². The molecule has 1 aromatic carbocycles. The van der Waals surface area contributed by atoms with Crippen molar-refractivity contribution in [3.8, 4) is 5.69 Å². The summed E-state index contributed by atoms with van der Waals surface area (Å²) in [5.41, 5.74) is 2.43. The fourth-order valence-corrected chi connectivity index (χ4v) is 4.25. The molecule has 0 aliphatic carbocycles. The molecule has 2 atom stereocenters. The Kier molecular flexibility index (Phi) is 10.8. The molecule has 0 saturated carbocycles. The molecular weight excluding hydrogens is 476 g/mol. The second-order valence-corrected chi connectivity index (χ2v) is 9.06. The van der Waals surface area contributed by atoms with Gasteiger partial charge in [-0.1, -0.05) is 32.0 Å². The Morgan fingerprint density at radius 2 is 1.65 bits per heavy atom. The zero-order valence-electron chi connectivity index (χ0n) is 22.7. The van der Waals surface area contributed by atoms with E-state index in [2.05, 4.69) is 10.4 Å². The summed E-state index contributed by atoms with van der Waals surface area (Å²) in [5, 5.41) is 7.24. The van der Waals surface area contributed by atoms with Gasteiger partial charge in [0.1, 0.15) is 12.1 Å². The Hall–Kier alpha value is -3.69. The minimum Gasteiger partial charge on any atom is -0.466 e. The molecule has 0 bridgehead atoms. The fraction of sp³-hybridized carbons (Fsp3) is 0.519. The van der Waals surface area contributed by atoms with Crippen molar-refractivity contribution in [1.29, 1.82) is 0 Å². The Bertz CT molecular complexity index is 1100. The van der Waals surface area contributed by atoms with E-state index in [4.69, 9.17) is 9.47 Å². The number of para-hydroxylation sites is 1. The van der Waals surface area contributed by atoms with Gasteiger partial charge in [0.05, 0.1) is 35.9 Å². The number of amides is 2. The van der Waals surface area contributed by atoms with Crippen molar-refractivity contribution in [3.63, 3.8) is 0 Å². The van der Waals surface area contributed by atoms with Crippen LogP contribution in [0.25, 0.3) is 5.69 Å². The molecular formula is C27H38N4O6. The van der Waals surface area contributed by atoms with Gasteiger partial charge in [-0.05, 0) is 52.2 Å². The highest BCUT2D eigenvalue weighted by atomic mass is 16.5. The first-order valence-corrected chi connectivity index (χ1v) is 12.5. The highest BCUT2D eigenvalue weighted by molar-refractivity contribution is 5.99. The minimum absolute atomic E-state index is 0.0218. The molecule has 0 unspecified atom stereocenters. The van der Waals surface area contributed by atoms with E-state index in [9.17, 15) is 19.2 Å². The summed E-state index contributed by atoms with van der Waals surface area (Å²) in [6, 6.07) is 7.54. The second kappa shape index (κ2) is 13.6. The highest BCUT2D eigenvalue weighted by Crippen LogP contribution is 2.22. The summed E-state index contributed by atoms with van der Waals surface area (Å²) >= 11 is 0. The summed E-state index contributed by atoms with van der Waals surface area (Å²) < 4.78 is 11.7. The van der Waals surface area contributed by atoms with Gasteiger partial charge >= 0.3 is 11.9 Å². The Labute approximate surface area is 218 Å². The van der Waals surface area contributed by atoms with Crippen LogP contribution in [-0.4, -0.2) is 70.8 Å². The zero-order chi connectivity index (χ0) is 27.7. The minimum atomic E-state index is -1.05. The predicted molar refractivity (Wildman–Crippen MR) is 138 cm³/mol. The first-order valence-electron chi connectivity index (χ1n) is 12.5. The number of aryl methyl sites for hydroxylation is 1. The van der Waals surface area contributed by atoms with Crippen LogP contribution in [0.2, 0.25) is 0 Å². The van der Waals surface area contributed by atoms with Crippen LogP contribution < -0.4 is 5.32 Å². The molecule has 10 nitrogen and oxygen atoms in total. The first kappa shape index (κ1) is 29.5. The summed E-state index contributed by atoms with van der Waals surface area (Å²) in [4.78, 5) is 52.7. The Morgan fingerprint density at radius 1 is 1.03 bits per heavy atom. The molecule has 10 heteroatoms. The van der Waals surface area contributed by atoms with Gasteiger partial charge in [0.2, 0.25) is 5.91 Å². The van der Waals surface area contributed by atoms with Crippen LogP contribution in [0.1, 0.15) is 62.3 Å². The van der Waals surface area contributed by atoms with Gasteiger partial charge in [0, 0.05) is 13.5 Å². The SMILES string of the molecule is CCOC(=O)CC[C@@H](NC(=O)[C@H](C(C)C)N(C)C(=O)c1c(C)nn(-c2ccccc2)c1C)C(=O)OCC. The molecule has 0 radical (unpaired) electrons. The molecule has 2 amide bonds. The van der Waals surface area contributed by atoms with Gasteiger partial charge in [-0.25, -0.2) is 9.48 Å². The highest BCUT2D eigenvalue weighted by Gasteiger charge is 2.35. The third kappa shape index (κ3) is 7.41. The van der Waals surface area contributed by atoms with E-state index in [1.54, 1.807) is 32.5 Å². The van der Waals surface area contributed by atoms with E-state index < -0.39 is 29.9 Å². The number of ether oxygens (including phenoxy) is 2. The van der Waals surface area contributed by atoms with Gasteiger partial charge in [0.15, 0.2) is 0 Å². The molecule has 202 valence electrons. The Morgan fingerprint density at radius 3 is 2.22 bits per heavy atom. The lowest BCUT2D eigenvalue weighted by molar-refractivity contribution is -0.149. The van der Waals surface area contributed by atoms with E-state index in [0.29, 0.717) is 17.0 Å². The number of nitrogens with zero attached hydrogens (tertiary/aromatic N) is 3. The second-order valence-electron chi connectivity index (χ2n) is 9.06. The number of likely N-dealkylation sites (N-methyl/N-ethyl adjacent to an activating group) is 1. The van der Waals surface area contributed by atoms with Crippen molar-refractivity contribution in [2.24, 2.45) is 5.92 Å². The van der Waals surface area contributed by atoms with E-state index in [-0.39, 0.29) is 37.9 Å². The molecule has 0 aliphatic heterocycles. The fourth-order valence-electron chi connectivity index (χ4n) is 4.25. The van der Waals surface area contributed by atoms with Gasteiger partial charge in [0.25, 0.3) is 5.91 Å². The van der Waals surface area contributed by atoms with Crippen LogP contribution in [-0.2, 0) is 23.9 Å². The average molecular weight is 515 g/mol. The lowest BCUT2D eigenvalue weighted by Gasteiger charge is -2.31. The van der Waals surface area contributed by atoms with Gasteiger partial charge in [-0.15, -0.1) is 0 Å². The number of rotatable bonds is 12. The molecule has 0 saturated heterocycles. The number of carbonyl (C=O) groups excluding carboxylic acids is 4. The molecule has 1 N–H and O–H groups in total. The van der Waals surface area contributed by atoms with Crippen LogP contribution in [0.5, 0.6) is 0 Å². The smallest absolute Gasteiger partial charge is 0.328 e. The standard InChI is InChI=1S/C27H38N4O6/c1-8-36-22(32)16-15-21(27(35)37-9-2)28-25(33)24(17(3)4)30(7)26(34)23-18(5)29-31(19(23)6)20-13-11-10-12-14-20/h10-14,17,21,24H,8-9,15-16H2,1-7H3,(H,28,33)/t21-,24+/m1/s1. The maximum atomic E-state index is 13.6. The first-order chi connectivity index (χ1) is 17.5. The molecule has 2 rings (SSSR count). The molecule has 1 heterocycles. The maximum absolute atomic E-state index is 13.6. The van der Waals surface area contributed by atoms with Crippen molar-refractivity contribution in [1.82, 2.24) is 20.0 Å². The van der Waals surface area contributed by atoms with E-state index in [1.807, 2.05) is 51.1 Å². The van der Waals surface area contributed by atoms with Crippen LogP contribution in [0.4, 0.5) is 0 Å². The van der Waals surface area contributed by atoms with E-state index in [0.717, 1.165) is 5.69 Å². The quantitative estimate of drug-likeness (QED) is 0.433. The number of carbonyl (C=O) groups is 4. The largest absolute Gasteiger partial charge is 0.466 e. The number of benzene rings is 1. The van der Waals surface area contributed by atoms with Crippen LogP contribution in [0, 0.1) is 19.8 Å². The number of hydrogen-bond donors (Lipinski definition) is 1. The summed E-state index contributed by atoms with van der Waals surface area (Å²) in [7, 11) is 1.56. The van der Waals surface area contributed by atoms with Gasteiger partial charge < -0.3 is 19.7 Å². The lowest BCUT2D eigenvalue weighted by atomic mass is 9.99. The van der Waals surface area contributed by atoms with Crippen LogP contribution in [0.15, 0.2) is 30.3 Å². The molecule has 0 spiro atoms. The Balaban J connectivity index is 2.28. The van der Waals surface area contributed by atoms with Crippen molar-refractivity contribution >= 4 is 23.8 Å². The monoisotopic (exact) mass is 514 g/mol. The maximum Gasteiger partial charge on any atom is 0.328 e. The summed E-state index contributed by atoms with van der Waals surface area (Å²) in [6.45, 7) is 10.9. The molecule has 2 aromatic rings. The van der Waals surface area contributed by atoms with E-state index in [1.165, 1.54) is 4.90 Å². The lowest BCUT2D eigenvalue weighted by Crippen LogP contribution is -2.54. The molecule has 37 heavy (non-hydrogen) atoms. The van der Waals surface area contributed by atoms with Crippen molar-refractivity contribution in [3.05, 3.63) is 47.3 Å².